The molecule has 11 heavy (non-hydrogen) atoms. The van der Waals surface area contributed by atoms with Gasteiger partial charge in [0.05, 0.1) is 5.97 Å². The summed E-state index contributed by atoms with van der Waals surface area (Å²) in [7, 11) is 0. The van der Waals surface area contributed by atoms with E-state index < -0.39 is 18.4 Å². The molecule has 7 heteroatoms. The number of carbonyl (C=O) groups excluding carboxylic acids is 2. The maximum Gasteiger partial charge on any atom is 1.00 e. The molecule has 6 nitrogen and oxygen atoms in total. The Bertz CT molecular complexity index is 137. The van der Waals surface area contributed by atoms with E-state index in [0.717, 1.165) is 0 Å². The molecule has 0 rings (SSSR count). The van der Waals surface area contributed by atoms with E-state index in [1.54, 1.807) is 0 Å². The average Bonchev–Trinajstić information content (AvgIpc) is 1.87. The molecule has 2 atom stereocenters. The fourth-order valence-corrected chi connectivity index (χ4v) is 0.248. The summed E-state index contributed by atoms with van der Waals surface area (Å²) < 4.78 is 3.67. The Labute approximate surface area is 105 Å². The number of ether oxygens (including phenoxy) is 1. The molecule has 0 spiro atoms. The summed E-state index contributed by atoms with van der Waals surface area (Å²) in [6.07, 6.45) is -4.27. The zero-order chi connectivity index (χ0) is 8.15. The first kappa shape index (κ1) is 14.0. The van der Waals surface area contributed by atoms with E-state index in [0.29, 0.717) is 0 Å². The molecule has 0 aromatic rings. The number of aliphatic hydroxyl groups is 2. The maximum absolute atomic E-state index is 9.70. The molecular formula is C4H5KO6. The molecule has 2 N–H and O–H groups in total. The number of carboxylic acid groups (broad SMARTS) is 1. The van der Waals surface area contributed by atoms with Gasteiger partial charge in [0.2, 0.25) is 6.29 Å². The van der Waals surface area contributed by atoms with E-state index >= 15 is 0 Å². The molecule has 0 amide bonds. The number of rotatable bonds is 4. The molecule has 0 aliphatic carbocycles. The maximum atomic E-state index is 9.70. The molecule has 0 bridgehead atoms. The summed E-state index contributed by atoms with van der Waals surface area (Å²) in [5.74, 6) is -1.91. The summed E-state index contributed by atoms with van der Waals surface area (Å²) in [5.41, 5.74) is 0. The quantitative estimate of drug-likeness (QED) is 0.258. The van der Waals surface area contributed by atoms with Crippen molar-refractivity contribution in [2.75, 3.05) is 0 Å². The van der Waals surface area contributed by atoms with Crippen LogP contribution >= 0.6 is 0 Å². The van der Waals surface area contributed by atoms with Gasteiger partial charge in [-0.3, -0.25) is 4.79 Å². The van der Waals surface area contributed by atoms with Gasteiger partial charge in [-0.2, -0.15) is 0 Å². The van der Waals surface area contributed by atoms with Gasteiger partial charge in [-0.25, -0.2) is 0 Å². The fourth-order valence-electron chi connectivity index (χ4n) is 0.248. The Morgan fingerprint density at radius 1 is 1.55 bits per heavy atom. The normalized spacial score (nSPS) is 14.0. The third-order valence-corrected chi connectivity index (χ3v) is 0.707. The van der Waals surface area contributed by atoms with Crippen molar-refractivity contribution in [2.45, 2.75) is 12.4 Å². The van der Waals surface area contributed by atoms with Gasteiger partial charge in [-0.1, -0.05) is 0 Å². The third kappa shape index (κ3) is 5.73. The second-order valence-electron chi connectivity index (χ2n) is 1.39. The fraction of sp³-hybridized carbons (Fsp3) is 0.500. The van der Waals surface area contributed by atoms with Crippen LogP contribution in [0.25, 0.3) is 0 Å². The van der Waals surface area contributed by atoms with E-state index in [2.05, 4.69) is 4.74 Å². The van der Waals surface area contributed by atoms with Crippen molar-refractivity contribution in [3.8, 4) is 0 Å². The Hall–Kier alpha value is 0.496. The van der Waals surface area contributed by atoms with Crippen LogP contribution in [0.15, 0.2) is 0 Å². The molecular weight excluding hydrogens is 183 g/mol. The van der Waals surface area contributed by atoms with Crippen LogP contribution in [0, 0.1) is 0 Å². The van der Waals surface area contributed by atoms with E-state index in [9.17, 15) is 14.7 Å². The number of hydrogen-bond acceptors (Lipinski definition) is 6. The Balaban J connectivity index is 0. The monoisotopic (exact) mass is 188 g/mol. The van der Waals surface area contributed by atoms with Gasteiger partial charge in [-0.15, -0.1) is 0 Å². The van der Waals surface area contributed by atoms with E-state index in [1.165, 1.54) is 0 Å². The summed E-state index contributed by atoms with van der Waals surface area (Å²) in [5, 5.41) is 26.4. The van der Waals surface area contributed by atoms with Crippen LogP contribution in [0.5, 0.6) is 0 Å². The predicted octanol–water partition coefficient (Wildman–Crippen LogP) is -6.41. The molecule has 0 aliphatic rings. The minimum Gasteiger partial charge on any atom is -0.547 e. The van der Waals surface area contributed by atoms with Crippen LogP contribution in [0.2, 0.25) is 0 Å². The van der Waals surface area contributed by atoms with Crippen molar-refractivity contribution in [1.29, 1.82) is 0 Å². The van der Waals surface area contributed by atoms with Crippen LogP contribution in [0.1, 0.15) is 0 Å². The summed E-state index contributed by atoms with van der Waals surface area (Å²) in [4.78, 5) is 19.1. The van der Waals surface area contributed by atoms with Gasteiger partial charge >= 0.3 is 51.4 Å². The first-order chi connectivity index (χ1) is 4.59. The Morgan fingerprint density at radius 3 is 2.27 bits per heavy atom. The van der Waals surface area contributed by atoms with Crippen molar-refractivity contribution in [1.82, 2.24) is 0 Å². The number of hydrogen-bond donors (Lipinski definition) is 2. The number of aliphatic carboxylic acids is 1. The van der Waals surface area contributed by atoms with Crippen LogP contribution in [0.3, 0.4) is 0 Å². The van der Waals surface area contributed by atoms with Crippen molar-refractivity contribution < 1.29 is 81.0 Å². The number of carbonyl (C=O) groups is 2. The van der Waals surface area contributed by atoms with Gasteiger partial charge < -0.3 is 24.9 Å². The molecule has 0 aliphatic heterocycles. The molecule has 0 aromatic heterocycles. The molecule has 0 aromatic carbocycles. The molecule has 0 radical (unpaired) electrons. The topological polar surface area (TPSA) is 107 Å². The zero-order valence-electron chi connectivity index (χ0n) is 5.76. The molecule has 2 unspecified atom stereocenters. The molecule has 0 saturated carbocycles. The largest absolute Gasteiger partial charge is 1.00 e. The minimum absolute atomic E-state index is 0. The smallest absolute Gasteiger partial charge is 0.547 e. The van der Waals surface area contributed by atoms with Crippen molar-refractivity contribution in [2.24, 2.45) is 0 Å². The van der Waals surface area contributed by atoms with Gasteiger partial charge in [0.25, 0.3) is 6.47 Å². The molecule has 0 saturated heterocycles. The van der Waals surface area contributed by atoms with E-state index in [-0.39, 0.29) is 57.9 Å². The summed E-state index contributed by atoms with van der Waals surface area (Å²) >= 11 is 0. The predicted molar refractivity (Wildman–Crippen MR) is 24.2 cm³/mol. The molecule has 58 valence electrons. The Morgan fingerprint density at radius 2 is 2.00 bits per heavy atom. The zero-order valence-corrected chi connectivity index (χ0v) is 8.88. The average molecular weight is 188 g/mol. The molecule has 0 heterocycles. The second-order valence-corrected chi connectivity index (χ2v) is 1.39. The first-order valence-electron chi connectivity index (χ1n) is 2.25. The van der Waals surface area contributed by atoms with Gasteiger partial charge in [0.1, 0.15) is 0 Å². The van der Waals surface area contributed by atoms with Gasteiger partial charge in [0, 0.05) is 0 Å². The Kier molecular flexibility index (Phi) is 9.14. The molecule has 0 fully saturated rings. The second kappa shape index (κ2) is 7.16. The van der Waals surface area contributed by atoms with Crippen molar-refractivity contribution in [3.63, 3.8) is 0 Å². The van der Waals surface area contributed by atoms with E-state index in [4.69, 9.17) is 10.2 Å². The third-order valence-electron chi connectivity index (χ3n) is 0.707. The van der Waals surface area contributed by atoms with Crippen molar-refractivity contribution >= 4 is 12.4 Å². The standard InChI is InChI=1S/C4H6O6.K/c5-1-10-4(9)2(6)3(7)8;/h1-2,4,6,9H,(H,7,8);/q;+1/p-1. The SMILES string of the molecule is O=COC(O)C(O)C(=O)[O-].[K+]. The van der Waals surface area contributed by atoms with Crippen LogP contribution < -0.4 is 56.5 Å². The van der Waals surface area contributed by atoms with Crippen LogP contribution in [0.4, 0.5) is 0 Å². The summed E-state index contributed by atoms with van der Waals surface area (Å²) in [6.45, 7) is -0.184. The van der Waals surface area contributed by atoms with Gasteiger partial charge in [-0.05, 0) is 0 Å². The minimum atomic E-state index is -2.20. The summed E-state index contributed by atoms with van der Waals surface area (Å²) in [6, 6.07) is 0. The van der Waals surface area contributed by atoms with Crippen LogP contribution in [-0.2, 0) is 14.3 Å². The van der Waals surface area contributed by atoms with E-state index in [1.807, 2.05) is 0 Å². The number of carboxylic acids is 1. The first-order valence-corrected chi connectivity index (χ1v) is 2.25. The van der Waals surface area contributed by atoms with Crippen molar-refractivity contribution in [3.05, 3.63) is 0 Å². The van der Waals surface area contributed by atoms with Gasteiger partial charge in [0.15, 0.2) is 6.10 Å². The van der Waals surface area contributed by atoms with Crippen LogP contribution in [-0.4, -0.2) is 35.0 Å². The number of aliphatic hydroxyl groups excluding tert-OH is 2.